The van der Waals surface area contributed by atoms with E-state index in [4.69, 9.17) is 14.2 Å². The number of rotatable bonds is 7. The van der Waals surface area contributed by atoms with Crippen molar-refractivity contribution in [3.8, 4) is 17.2 Å². The van der Waals surface area contributed by atoms with Crippen LogP contribution in [0.5, 0.6) is 17.2 Å². The molecule has 126 valence electrons. The molecule has 0 unspecified atom stereocenters. The number of benzene rings is 2. The topological polar surface area (TPSA) is 56.8 Å². The van der Waals surface area contributed by atoms with Crippen molar-refractivity contribution < 1.29 is 19.0 Å². The molecule has 0 spiro atoms. The van der Waals surface area contributed by atoms with Gasteiger partial charge in [0.25, 0.3) is 0 Å². The fourth-order valence-electron chi connectivity index (χ4n) is 2.21. The molecule has 2 aromatic carbocycles. The maximum Gasteiger partial charge on any atom is 0.244 e. The summed E-state index contributed by atoms with van der Waals surface area (Å²) < 4.78 is 15.7. The molecule has 0 atom stereocenters. The van der Waals surface area contributed by atoms with E-state index in [-0.39, 0.29) is 5.91 Å². The first-order chi connectivity index (χ1) is 11.7. The summed E-state index contributed by atoms with van der Waals surface area (Å²) in [5, 5.41) is 2.83. The van der Waals surface area contributed by atoms with Crippen LogP contribution in [0.15, 0.2) is 48.5 Å². The third-order valence-corrected chi connectivity index (χ3v) is 3.50. The first-order valence-corrected chi connectivity index (χ1v) is 7.47. The van der Waals surface area contributed by atoms with E-state index in [0.29, 0.717) is 18.0 Å². The molecule has 1 amide bonds. The highest BCUT2D eigenvalue weighted by molar-refractivity contribution is 5.92. The molecule has 5 heteroatoms. The number of ether oxygens (including phenoxy) is 3. The number of carbonyl (C=O) groups excluding carboxylic acids is 1. The summed E-state index contributed by atoms with van der Waals surface area (Å²) in [6.07, 6.45) is 3.18. The zero-order chi connectivity index (χ0) is 17.4. The van der Waals surface area contributed by atoms with Crippen LogP contribution in [0.2, 0.25) is 0 Å². The van der Waals surface area contributed by atoms with Gasteiger partial charge in [-0.3, -0.25) is 4.79 Å². The lowest BCUT2D eigenvalue weighted by Gasteiger charge is -2.09. The molecule has 0 saturated heterocycles. The van der Waals surface area contributed by atoms with Crippen molar-refractivity contribution in [3.63, 3.8) is 0 Å². The Kier molecular flexibility index (Phi) is 6.25. The zero-order valence-corrected chi connectivity index (χ0v) is 14.0. The highest BCUT2D eigenvalue weighted by atomic mass is 16.5. The number of hydrogen-bond donors (Lipinski definition) is 1. The summed E-state index contributed by atoms with van der Waals surface area (Å²) in [6, 6.07) is 13.0. The molecule has 0 aliphatic rings. The molecule has 2 rings (SSSR count). The van der Waals surface area contributed by atoms with Gasteiger partial charge in [0, 0.05) is 29.8 Å². The largest absolute Gasteiger partial charge is 0.497 e. The predicted molar refractivity (Wildman–Crippen MR) is 93.4 cm³/mol. The molecule has 0 fully saturated rings. The summed E-state index contributed by atoms with van der Waals surface area (Å²) in [5.41, 5.74) is 1.72. The molecule has 1 N–H and O–H groups in total. The minimum Gasteiger partial charge on any atom is -0.497 e. The summed E-state index contributed by atoms with van der Waals surface area (Å²) in [4.78, 5) is 12.0. The average Bonchev–Trinajstić information content (AvgIpc) is 2.64. The van der Waals surface area contributed by atoms with Crippen LogP contribution < -0.4 is 19.5 Å². The summed E-state index contributed by atoms with van der Waals surface area (Å²) >= 11 is 0. The van der Waals surface area contributed by atoms with Crippen molar-refractivity contribution in [2.75, 3.05) is 21.3 Å². The second kappa shape index (κ2) is 8.62. The fourth-order valence-corrected chi connectivity index (χ4v) is 2.21. The second-order valence-corrected chi connectivity index (χ2v) is 4.97. The van der Waals surface area contributed by atoms with Crippen LogP contribution >= 0.6 is 0 Å². The van der Waals surface area contributed by atoms with Gasteiger partial charge in [0.2, 0.25) is 5.91 Å². The molecular formula is C19H21NO4. The third kappa shape index (κ3) is 4.52. The van der Waals surface area contributed by atoms with Crippen molar-refractivity contribution in [2.24, 2.45) is 0 Å². The molecular weight excluding hydrogens is 306 g/mol. The standard InChI is InChI=1S/C19H21NO4/c1-22-16-10-8-14(18(12-16)24-3)9-11-19(21)20-13-15-6-4-5-7-17(15)23-2/h4-12H,13H2,1-3H3,(H,20,21). The van der Waals surface area contributed by atoms with Crippen LogP contribution in [-0.2, 0) is 11.3 Å². The van der Waals surface area contributed by atoms with E-state index in [2.05, 4.69) is 5.32 Å². The molecule has 0 aromatic heterocycles. The van der Waals surface area contributed by atoms with Crippen LogP contribution in [0.3, 0.4) is 0 Å². The Morgan fingerprint density at radius 2 is 1.75 bits per heavy atom. The van der Waals surface area contributed by atoms with Gasteiger partial charge in [-0.25, -0.2) is 0 Å². The van der Waals surface area contributed by atoms with Gasteiger partial charge in [-0.05, 0) is 24.3 Å². The van der Waals surface area contributed by atoms with Gasteiger partial charge in [0.15, 0.2) is 0 Å². The van der Waals surface area contributed by atoms with Gasteiger partial charge >= 0.3 is 0 Å². The predicted octanol–water partition coefficient (Wildman–Crippen LogP) is 3.04. The fraction of sp³-hybridized carbons (Fsp3) is 0.211. The summed E-state index contributed by atoms with van der Waals surface area (Å²) in [7, 11) is 4.78. The maximum atomic E-state index is 12.0. The number of para-hydroxylation sites is 1. The minimum atomic E-state index is -0.196. The van der Waals surface area contributed by atoms with E-state index >= 15 is 0 Å². The van der Waals surface area contributed by atoms with E-state index in [9.17, 15) is 4.79 Å². The Balaban J connectivity index is 2.00. The van der Waals surface area contributed by atoms with Gasteiger partial charge in [-0.15, -0.1) is 0 Å². The molecule has 24 heavy (non-hydrogen) atoms. The quantitative estimate of drug-likeness (QED) is 0.794. The molecule has 5 nitrogen and oxygen atoms in total. The van der Waals surface area contributed by atoms with E-state index in [1.165, 1.54) is 6.08 Å². The van der Waals surface area contributed by atoms with Crippen molar-refractivity contribution in [1.29, 1.82) is 0 Å². The van der Waals surface area contributed by atoms with Gasteiger partial charge in [-0.1, -0.05) is 18.2 Å². The number of nitrogens with one attached hydrogen (secondary N) is 1. The highest BCUT2D eigenvalue weighted by Gasteiger charge is 2.05. The zero-order valence-electron chi connectivity index (χ0n) is 14.0. The Hall–Kier alpha value is -2.95. The van der Waals surface area contributed by atoms with Gasteiger partial charge < -0.3 is 19.5 Å². The Morgan fingerprint density at radius 1 is 1.00 bits per heavy atom. The van der Waals surface area contributed by atoms with E-state index in [1.54, 1.807) is 33.5 Å². The summed E-state index contributed by atoms with van der Waals surface area (Å²) in [5.74, 6) is 1.89. The van der Waals surface area contributed by atoms with Gasteiger partial charge in [-0.2, -0.15) is 0 Å². The average molecular weight is 327 g/mol. The van der Waals surface area contributed by atoms with Crippen LogP contribution in [0.1, 0.15) is 11.1 Å². The molecule has 0 aliphatic carbocycles. The first kappa shape index (κ1) is 17.4. The maximum absolute atomic E-state index is 12.0. The Bertz CT molecular complexity index is 725. The number of hydrogen-bond acceptors (Lipinski definition) is 4. The van der Waals surface area contributed by atoms with Crippen LogP contribution in [-0.4, -0.2) is 27.2 Å². The molecule has 0 radical (unpaired) electrons. The monoisotopic (exact) mass is 327 g/mol. The third-order valence-electron chi connectivity index (χ3n) is 3.50. The lowest BCUT2D eigenvalue weighted by Crippen LogP contribution is -2.20. The Labute approximate surface area is 141 Å². The van der Waals surface area contributed by atoms with E-state index in [1.807, 2.05) is 36.4 Å². The molecule has 0 heterocycles. The molecule has 0 bridgehead atoms. The minimum absolute atomic E-state index is 0.196. The van der Waals surface area contributed by atoms with Crippen LogP contribution in [0, 0.1) is 0 Å². The highest BCUT2D eigenvalue weighted by Crippen LogP contribution is 2.25. The van der Waals surface area contributed by atoms with Crippen molar-refractivity contribution in [3.05, 3.63) is 59.7 Å². The van der Waals surface area contributed by atoms with E-state index in [0.717, 1.165) is 16.9 Å². The van der Waals surface area contributed by atoms with Crippen LogP contribution in [0.25, 0.3) is 6.08 Å². The number of methoxy groups -OCH3 is 3. The molecule has 0 aliphatic heterocycles. The Morgan fingerprint density at radius 3 is 2.46 bits per heavy atom. The number of amides is 1. The van der Waals surface area contributed by atoms with Crippen molar-refractivity contribution in [1.82, 2.24) is 5.32 Å². The number of carbonyl (C=O) groups is 1. The first-order valence-electron chi connectivity index (χ1n) is 7.47. The summed E-state index contributed by atoms with van der Waals surface area (Å²) in [6.45, 7) is 0.396. The lowest BCUT2D eigenvalue weighted by atomic mass is 10.1. The van der Waals surface area contributed by atoms with Crippen LogP contribution in [0.4, 0.5) is 0 Å². The van der Waals surface area contributed by atoms with Crippen molar-refractivity contribution >= 4 is 12.0 Å². The van der Waals surface area contributed by atoms with Crippen molar-refractivity contribution in [2.45, 2.75) is 6.54 Å². The SMILES string of the molecule is COc1ccc(C=CC(=O)NCc2ccccc2OC)c(OC)c1. The molecule has 0 saturated carbocycles. The lowest BCUT2D eigenvalue weighted by molar-refractivity contribution is -0.116. The second-order valence-electron chi connectivity index (χ2n) is 4.97. The normalized spacial score (nSPS) is 10.5. The van der Waals surface area contributed by atoms with Gasteiger partial charge in [0.1, 0.15) is 17.2 Å². The smallest absolute Gasteiger partial charge is 0.244 e. The van der Waals surface area contributed by atoms with Gasteiger partial charge in [0.05, 0.1) is 21.3 Å². The van der Waals surface area contributed by atoms with E-state index < -0.39 is 0 Å². The molecule has 2 aromatic rings.